The summed E-state index contributed by atoms with van der Waals surface area (Å²) in [6.45, 7) is 2.75. The van der Waals surface area contributed by atoms with Crippen LogP contribution in [0, 0.1) is 0 Å². The number of nitrogens with zero attached hydrogens (tertiary/aromatic N) is 2. The van der Waals surface area contributed by atoms with Crippen molar-refractivity contribution >= 4 is 0 Å². The number of rotatable bonds is 5. The van der Waals surface area contributed by atoms with Crippen LogP contribution in [0.15, 0.2) is 12.4 Å². The van der Waals surface area contributed by atoms with E-state index in [4.69, 9.17) is 4.74 Å². The van der Waals surface area contributed by atoms with Crippen molar-refractivity contribution in [3.63, 3.8) is 0 Å². The lowest BCUT2D eigenvalue weighted by Crippen LogP contribution is -2.27. The zero-order valence-electron chi connectivity index (χ0n) is 9.28. The summed E-state index contributed by atoms with van der Waals surface area (Å²) in [5, 5.41) is 3.42. The molecule has 1 saturated heterocycles. The van der Waals surface area contributed by atoms with E-state index in [9.17, 15) is 0 Å². The van der Waals surface area contributed by atoms with Crippen LogP contribution in [0.5, 0.6) is 0 Å². The monoisotopic (exact) mass is 209 g/mol. The summed E-state index contributed by atoms with van der Waals surface area (Å²) in [4.78, 5) is 4.25. The molecule has 1 aliphatic heterocycles. The molecule has 84 valence electrons. The molecule has 0 amide bonds. The number of aryl methyl sites for hydroxylation is 1. The quantitative estimate of drug-likeness (QED) is 0.727. The van der Waals surface area contributed by atoms with Crippen LogP contribution in [0.25, 0.3) is 0 Å². The van der Waals surface area contributed by atoms with Crippen LogP contribution >= 0.6 is 0 Å². The van der Waals surface area contributed by atoms with Gasteiger partial charge in [-0.1, -0.05) is 0 Å². The molecule has 2 rings (SSSR count). The maximum absolute atomic E-state index is 5.63. The molecule has 2 heterocycles. The molecule has 0 aromatic carbocycles. The molecule has 1 unspecified atom stereocenters. The van der Waals surface area contributed by atoms with Gasteiger partial charge >= 0.3 is 0 Å². The number of ether oxygens (including phenoxy) is 1. The first-order valence-electron chi connectivity index (χ1n) is 5.63. The molecule has 1 aliphatic rings. The highest BCUT2D eigenvalue weighted by Crippen LogP contribution is 2.05. The highest BCUT2D eigenvalue weighted by molar-refractivity contribution is 4.90. The van der Waals surface area contributed by atoms with E-state index < -0.39 is 0 Å². The van der Waals surface area contributed by atoms with Gasteiger partial charge in [-0.3, -0.25) is 0 Å². The summed E-state index contributed by atoms with van der Waals surface area (Å²) in [7, 11) is 2.01. The Morgan fingerprint density at radius 1 is 1.67 bits per heavy atom. The second-order valence-electron chi connectivity index (χ2n) is 4.07. The van der Waals surface area contributed by atoms with E-state index in [1.54, 1.807) is 0 Å². The molecule has 1 atom stereocenters. The molecule has 0 saturated carbocycles. The van der Waals surface area contributed by atoms with Gasteiger partial charge in [-0.2, -0.15) is 0 Å². The van der Waals surface area contributed by atoms with Crippen molar-refractivity contribution in [2.75, 3.05) is 19.8 Å². The average molecular weight is 209 g/mol. The molecule has 0 spiro atoms. The number of imidazole rings is 1. The van der Waals surface area contributed by atoms with E-state index in [2.05, 4.69) is 10.3 Å². The molecule has 1 aromatic rings. The normalized spacial score (nSPS) is 21.0. The van der Waals surface area contributed by atoms with Crippen LogP contribution in [0.4, 0.5) is 0 Å². The van der Waals surface area contributed by atoms with Gasteiger partial charge in [0.05, 0.1) is 13.2 Å². The van der Waals surface area contributed by atoms with Crippen molar-refractivity contribution in [2.45, 2.75) is 25.3 Å². The standard InChI is InChI=1S/C11H19N3O/c1-14-7-6-13-11(14)4-8-15-9-10-3-2-5-12-10/h6-7,10,12H,2-5,8-9H2,1H3. The fourth-order valence-electron chi connectivity index (χ4n) is 1.93. The molecule has 15 heavy (non-hydrogen) atoms. The molecule has 0 radical (unpaired) electrons. The smallest absolute Gasteiger partial charge is 0.110 e. The number of hydrogen-bond acceptors (Lipinski definition) is 3. The number of hydrogen-bond donors (Lipinski definition) is 1. The lowest BCUT2D eigenvalue weighted by Gasteiger charge is -2.10. The first-order chi connectivity index (χ1) is 7.36. The molecule has 1 N–H and O–H groups in total. The Morgan fingerprint density at radius 2 is 2.60 bits per heavy atom. The highest BCUT2D eigenvalue weighted by atomic mass is 16.5. The number of nitrogens with one attached hydrogen (secondary N) is 1. The van der Waals surface area contributed by atoms with Crippen molar-refractivity contribution in [2.24, 2.45) is 7.05 Å². The predicted octanol–water partition coefficient (Wildman–Crippen LogP) is 0.731. The van der Waals surface area contributed by atoms with Gasteiger partial charge in [-0.15, -0.1) is 0 Å². The van der Waals surface area contributed by atoms with Crippen molar-refractivity contribution < 1.29 is 4.74 Å². The maximum Gasteiger partial charge on any atom is 0.110 e. The Bertz CT molecular complexity index is 292. The SMILES string of the molecule is Cn1ccnc1CCOCC1CCCN1. The second kappa shape index (κ2) is 5.28. The Balaban J connectivity index is 1.60. The minimum absolute atomic E-state index is 0.575. The van der Waals surface area contributed by atoms with Crippen LogP contribution in [0.3, 0.4) is 0 Å². The zero-order valence-corrected chi connectivity index (χ0v) is 9.28. The first-order valence-corrected chi connectivity index (χ1v) is 5.63. The fourth-order valence-corrected chi connectivity index (χ4v) is 1.93. The van der Waals surface area contributed by atoms with Crippen LogP contribution in [0.2, 0.25) is 0 Å². The summed E-state index contributed by atoms with van der Waals surface area (Å²) in [5.41, 5.74) is 0. The van der Waals surface area contributed by atoms with Crippen LogP contribution in [-0.4, -0.2) is 35.4 Å². The van der Waals surface area contributed by atoms with Crippen molar-refractivity contribution in [3.8, 4) is 0 Å². The van der Waals surface area contributed by atoms with Crippen molar-refractivity contribution in [1.29, 1.82) is 0 Å². The lowest BCUT2D eigenvalue weighted by atomic mass is 10.2. The van der Waals surface area contributed by atoms with E-state index in [1.165, 1.54) is 12.8 Å². The van der Waals surface area contributed by atoms with Gasteiger partial charge in [0, 0.05) is 31.9 Å². The van der Waals surface area contributed by atoms with Gasteiger partial charge in [-0.25, -0.2) is 4.98 Å². The summed E-state index contributed by atoms with van der Waals surface area (Å²) >= 11 is 0. The van der Waals surface area contributed by atoms with Crippen LogP contribution in [0.1, 0.15) is 18.7 Å². The molecule has 1 fully saturated rings. The molecule has 4 heteroatoms. The van der Waals surface area contributed by atoms with E-state index in [1.807, 2.05) is 24.0 Å². The molecule has 4 nitrogen and oxygen atoms in total. The highest BCUT2D eigenvalue weighted by Gasteiger charge is 2.13. The van der Waals surface area contributed by atoms with E-state index >= 15 is 0 Å². The topological polar surface area (TPSA) is 39.1 Å². The second-order valence-corrected chi connectivity index (χ2v) is 4.07. The lowest BCUT2D eigenvalue weighted by molar-refractivity contribution is 0.117. The third-order valence-corrected chi connectivity index (χ3v) is 2.87. The van der Waals surface area contributed by atoms with Gasteiger partial charge in [0.25, 0.3) is 0 Å². The zero-order chi connectivity index (χ0) is 10.5. The largest absolute Gasteiger partial charge is 0.379 e. The summed E-state index contributed by atoms with van der Waals surface area (Å²) in [5.74, 6) is 1.09. The predicted molar refractivity (Wildman–Crippen MR) is 58.8 cm³/mol. The molecule has 0 aliphatic carbocycles. The Morgan fingerprint density at radius 3 is 3.27 bits per heavy atom. The molecule has 1 aromatic heterocycles. The Hall–Kier alpha value is -0.870. The van der Waals surface area contributed by atoms with Gasteiger partial charge in [0.1, 0.15) is 5.82 Å². The molecular weight excluding hydrogens is 190 g/mol. The molecule has 0 bridgehead atoms. The fraction of sp³-hybridized carbons (Fsp3) is 0.727. The minimum atomic E-state index is 0.575. The Labute approximate surface area is 90.6 Å². The summed E-state index contributed by atoms with van der Waals surface area (Å²) in [6, 6.07) is 0.575. The van der Waals surface area contributed by atoms with Gasteiger partial charge < -0.3 is 14.6 Å². The average Bonchev–Trinajstić information content (AvgIpc) is 2.85. The van der Waals surface area contributed by atoms with E-state index in [0.29, 0.717) is 6.04 Å². The van der Waals surface area contributed by atoms with Crippen LogP contribution in [-0.2, 0) is 18.2 Å². The maximum atomic E-state index is 5.63. The third kappa shape index (κ3) is 3.04. The van der Waals surface area contributed by atoms with Crippen molar-refractivity contribution in [3.05, 3.63) is 18.2 Å². The van der Waals surface area contributed by atoms with Gasteiger partial charge in [0.15, 0.2) is 0 Å². The van der Waals surface area contributed by atoms with E-state index in [0.717, 1.165) is 32.0 Å². The third-order valence-electron chi connectivity index (χ3n) is 2.87. The summed E-state index contributed by atoms with van der Waals surface area (Å²) in [6.07, 6.45) is 7.23. The minimum Gasteiger partial charge on any atom is -0.379 e. The van der Waals surface area contributed by atoms with Gasteiger partial charge in [0.2, 0.25) is 0 Å². The summed E-state index contributed by atoms with van der Waals surface area (Å²) < 4.78 is 7.67. The molecular formula is C11H19N3O. The van der Waals surface area contributed by atoms with Crippen molar-refractivity contribution in [1.82, 2.24) is 14.9 Å². The number of aromatic nitrogens is 2. The Kier molecular flexibility index (Phi) is 3.75. The first kappa shape index (κ1) is 10.6. The van der Waals surface area contributed by atoms with E-state index in [-0.39, 0.29) is 0 Å². The van der Waals surface area contributed by atoms with Gasteiger partial charge in [-0.05, 0) is 19.4 Å². The van der Waals surface area contributed by atoms with Crippen LogP contribution < -0.4 is 5.32 Å².